The van der Waals surface area contributed by atoms with E-state index in [2.05, 4.69) is 41.2 Å². The van der Waals surface area contributed by atoms with Crippen LogP contribution in [0.1, 0.15) is 113 Å². The first-order chi connectivity index (χ1) is 16.7. The zero-order chi connectivity index (χ0) is 26.1. The van der Waals surface area contributed by atoms with Crippen LogP contribution in [0.4, 0.5) is 0 Å². The molecule has 6 heteroatoms. The van der Waals surface area contributed by atoms with E-state index >= 15 is 0 Å². The highest BCUT2D eigenvalue weighted by atomic mass is 16.6. The van der Waals surface area contributed by atoms with E-state index in [9.17, 15) is 5.11 Å². The topological polar surface area (TPSA) is 66.4 Å². The van der Waals surface area contributed by atoms with E-state index in [-0.39, 0.29) is 59.0 Å². The number of ether oxygens (including phenoxy) is 5. The molecule has 10 unspecified atom stereocenters. The lowest BCUT2D eigenvalue weighted by atomic mass is 9.77. The molecule has 0 amide bonds. The van der Waals surface area contributed by atoms with Crippen LogP contribution in [0.3, 0.4) is 0 Å². The van der Waals surface area contributed by atoms with Crippen LogP contribution in [-0.2, 0) is 23.7 Å². The van der Waals surface area contributed by atoms with E-state index in [0.29, 0.717) is 0 Å². The maximum atomic E-state index is 10.5. The largest absolute Gasteiger partial charge is 0.388 e. The van der Waals surface area contributed by atoms with Gasteiger partial charge in [0.1, 0.15) is 0 Å². The molecule has 0 saturated carbocycles. The Hall–Kier alpha value is -0.500. The third-order valence-electron chi connectivity index (χ3n) is 10.3. The number of rotatable bonds is 5. The summed E-state index contributed by atoms with van der Waals surface area (Å²) in [6.07, 6.45) is 9.86. The molecule has 0 spiro atoms. The Morgan fingerprint density at radius 3 is 1.69 bits per heavy atom. The highest BCUT2D eigenvalue weighted by Gasteiger charge is 2.58. The first-order valence-corrected chi connectivity index (χ1v) is 14.4. The van der Waals surface area contributed by atoms with Crippen molar-refractivity contribution >= 4 is 0 Å². The van der Waals surface area contributed by atoms with Crippen molar-refractivity contribution in [1.82, 2.24) is 0 Å². The number of hydrogen-bond donors (Lipinski definition) is 1. The molecule has 1 N–H and O–H groups in total. The normalized spacial score (nSPS) is 51.9. The molecule has 6 nitrogen and oxygen atoms in total. The summed E-state index contributed by atoms with van der Waals surface area (Å²) in [5.74, 6) is 0. The van der Waals surface area contributed by atoms with E-state index in [1.54, 1.807) is 0 Å². The number of aliphatic hydroxyl groups is 1. The highest BCUT2D eigenvalue weighted by molar-refractivity contribution is 5.09. The van der Waals surface area contributed by atoms with Gasteiger partial charge in [-0.2, -0.15) is 0 Å². The summed E-state index contributed by atoms with van der Waals surface area (Å²) in [4.78, 5) is 0. The lowest BCUT2D eigenvalue weighted by molar-refractivity contribution is -0.291. The standard InChI is InChI=1S/C30H50O6/c1-19(2)20-11-15-27(5,33-20)23-13-17-28(6)22(32-23)9-10-24(35-28)29(7)18-14-25(36-29)30(8)16-12-21(34-30)26(3,4)31/h20-25,31H,1,9-18H2,2-8H3. The van der Waals surface area contributed by atoms with Crippen molar-refractivity contribution in [2.75, 3.05) is 0 Å². The van der Waals surface area contributed by atoms with Crippen LogP contribution in [0.15, 0.2) is 12.2 Å². The van der Waals surface area contributed by atoms with Crippen molar-refractivity contribution in [2.45, 2.75) is 177 Å². The third-order valence-corrected chi connectivity index (χ3v) is 10.3. The van der Waals surface area contributed by atoms with Crippen molar-refractivity contribution in [3.63, 3.8) is 0 Å². The average molecular weight is 507 g/mol. The van der Waals surface area contributed by atoms with Crippen LogP contribution in [0.25, 0.3) is 0 Å². The van der Waals surface area contributed by atoms with Gasteiger partial charge in [0.15, 0.2) is 0 Å². The molecule has 5 fully saturated rings. The lowest BCUT2D eigenvalue weighted by Gasteiger charge is -2.54. The summed E-state index contributed by atoms with van der Waals surface area (Å²) >= 11 is 0. The van der Waals surface area contributed by atoms with Gasteiger partial charge in [-0.15, -0.1) is 0 Å². The monoisotopic (exact) mass is 506 g/mol. The fourth-order valence-corrected chi connectivity index (χ4v) is 7.63. The van der Waals surface area contributed by atoms with Crippen LogP contribution in [0, 0.1) is 0 Å². The van der Waals surface area contributed by atoms with Crippen LogP contribution in [-0.4, -0.2) is 69.7 Å². The molecule has 5 aliphatic rings. The Bertz CT molecular complexity index is 853. The Morgan fingerprint density at radius 2 is 1.11 bits per heavy atom. The van der Waals surface area contributed by atoms with Gasteiger partial charge in [-0.25, -0.2) is 0 Å². The molecular formula is C30H50O6. The zero-order valence-corrected chi connectivity index (χ0v) is 23.7. The lowest BCUT2D eigenvalue weighted by Crippen LogP contribution is -2.61. The average Bonchev–Trinajstić information content (AvgIpc) is 3.51. The molecule has 5 saturated heterocycles. The van der Waals surface area contributed by atoms with E-state index < -0.39 is 5.60 Å². The molecule has 0 radical (unpaired) electrons. The van der Waals surface area contributed by atoms with Crippen molar-refractivity contribution in [2.24, 2.45) is 0 Å². The second-order valence-corrected chi connectivity index (χ2v) is 14.0. The number of hydrogen-bond acceptors (Lipinski definition) is 6. The van der Waals surface area contributed by atoms with Crippen LogP contribution in [0.5, 0.6) is 0 Å². The molecule has 0 aromatic heterocycles. The molecule has 5 rings (SSSR count). The molecule has 0 aromatic carbocycles. The molecule has 5 heterocycles. The van der Waals surface area contributed by atoms with Crippen LogP contribution in [0.2, 0.25) is 0 Å². The second kappa shape index (κ2) is 9.02. The smallest absolute Gasteiger partial charge is 0.0924 e. The molecule has 0 aliphatic carbocycles. The van der Waals surface area contributed by atoms with E-state index in [1.807, 2.05) is 13.8 Å². The predicted octanol–water partition coefficient (Wildman–Crippen LogP) is 5.63. The maximum Gasteiger partial charge on any atom is 0.0924 e. The molecule has 5 aliphatic heterocycles. The molecule has 0 bridgehead atoms. The van der Waals surface area contributed by atoms with E-state index in [4.69, 9.17) is 23.7 Å². The zero-order valence-electron chi connectivity index (χ0n) is 23.7. The van der Waals surface area contributed by atoms with Gasteiger partial charge in [0.2, 0.25) is 0 Å². The highest BCUT2D eigenvalue weighted by Crippen LogP contribution is 2.51. The molecule has 36 heavy (non-hydrogen) atoms. The summed E-state index contributed by atoms with van der Waals surface area (Å²) in [5, 5.41) is 10.5. The van der Waals surface area contributed by atoms with E-state index in [0.717, 1.165) is 69.8 Å². The molecule has 10 atom stereocenters. The van der Waals surface area contributed by atoms with Gasteiger partial charge in [-0.3, -0.25) is 0 Å². The Labute approximate surface area is 218 Å². The van der Waals surface area contributed by atoms with Crippen molar-refractivity contribution < 1.29 is 28.8 Å². The Balaban J connectivity index is 1.21. The SMILES string of the molecule is C=C(C)C1CCC(C)(C2CCC3(C)OC(C4(C)CCC(C5(C)CCC(C(C)(C)O)O5)O4)CCC3O2)O1. The summed E-state index contributed by atoms with van der Waals surface area (Å²) in [5.41, 5.74) is -0.952. The minimum absolute atomic E-state index is 0.0247. The minimum atomic E-state index is -0.833. The van der Waals surface area contributed by atoms with Gasteiger partial charge in [0, 0.05) is 0 Å². The fourth-order valence-electron chi connectivity index (χ4n) is 7.63. The van der Waals surface area contributed by atoms with Crippen molar-refractivity contribution in [3.05, 3.63) is 12.2 Å². The van der Waals surface area contributed by atoms with Gasteiger partial charge in [-0.1, -0.05) is 12.2 Å². The summed E-state index contributed by atoms with van der Waals surface area (Å²) in [7, 11) is 0. The summed E-state index contributed by atoms with van der Waals surface area (Å²) in [6, 6.07) is 0. The second-order valence-electron chi connectivity index (χ2n) is 14.0. The van der Waals surface area contributed by atoms with Crippen LogP contribution >= 0.6 is 0 Å². The Morgan fingerprint density at radius 1 is 0.667 bits per heavy atom. The maximum absolute atomic E-state index is 10.5. The van der Waals surface area contributed by atoms with E-state index in [1.165, 1.54) is 0 Å². The Kier molecular flexibility index (Phi) is 6.79. The molecule has 0 aromatic rings. The predicted molar refractivity (Wildman–Crippen MR) is 139 cm³/mol. The minimum Gasteiger partial charge on any atom is -0.388 e. The first-order valence-electron chi connectivity index (χ1n) is 14.4. The summed E-state index contributed by atoms with van der Waals surface area (Å²) < 4.78 is 33.4. The fraction of sp³-hybridized carbons (Fsp3) is 0.933. The van der Waals surface area contributed by atoms with Gasteiger partial charge in [-0.05, 0) is 113 Å². The molecular weight excluding hydrogens is 456 g/mol. The van der Waals surface area contributed by atoms with Gasteiger partial charge in [0.25, 0.3) is 0 Å². The van der Waals surface area contributed by atoms with Gasteiger partial charge < -0.3 is 28.8 Å². The van der Waals surface area contributed by atoms with Crippen LogP contribution < -0.4 is 0 Å². The molecule has 206 valence electrons. The van der Waals surface area contributed by atoms with Gasteiger partial charge in [0.05, 0.1) is 64.6 Å². The quantitative estimate of drug-likeness (QED) is 0.488. The number of fused-ring (bicyclic) bond motifs is 1. The van der Waals surface area contributed by atoms with Gasteiger partial charge >= 0.3 is 0 Å². The van der Waals surface area contributed by atoms with Crippen molar-refractivity contribution in [3.8, 4) is 0 Å². The first kappa shape index (κ1) is 27.1. The van der Waals surface area contributed by atoms with Crippen molar-refractivity contribution in [1.29, 1.82) is 0 Å². The third kappa shape index (κ3) is 4.73. The summed E-state index contributed by atoms with van der Waals surface area (Å²) in [6.45, 7) is 18.7.